The lowest BCUT2D eigenvalue weighted by Crippen LogP contribution is -2.48. The van der Waals surface area contributed by atoms with E-state index < -0.39 is 0 Å². The van der Waals surface area contributed by atoms with Crippen LogP contribution in [0.2, 0.25) is 0 Å². The van der Waals surface area contributed by atoms with Gasteiger partial charge in [0.2, 0.25) is 0 Å². The van der Waals surface area contributed by atoms with Gasteiger partial charge in [0.25, 0.3) is 5.91 Å². The molecule has 0 spiro atoms. The van der Waals surface area contributed by atoms with Crippen LogP contribution < -0.4 is 5.32 Å². The number of rotatable bonds is 4. The molecule has 0 unspecified atom stereocenters. The molecule has 1 aliphatic heterocycles. The third-order valence-electron chi connectivity index (χ3n) is 3.35. The minimum atomic E-state index is -0.0328. The van der Waals surface area contributed by atoms with Crippen LogP contribution in [0.25, 0.3) is 10.6 Å². The first-order valence-corrected chi connectivity index (χ1v) is 8.19. The molecule has 0 radical (unpaired) electrons. The summed E-state index contributed by atoms with van der Waals surface area (Å²) in [6.07, 6.45) is 0. The van der Waals surface area contributed by atoms with Crippen molar-refractivity contribution < 1.29 is 9.53 Å². The minimum absolute atomic E-state index is 0.0328. The van der Waals surface area contributed by atoms with Gasteiger partial charge < -0.3 is 10.1 Å². The predicted molar refractivity (Wildman–Crippen MR) is 81.4 cm³/mol. The van der Waals surface area contributed by atoms with Gasteiger partial charge in [-0.15, -0.1) is 11.3 Å². The molecule has 0 saturated carbocycles. The zero-order valence-electron chi connectivity index (χ0n) is 11.4. The highest BCUT2D eigenvalue weighted by molar-refractivity contribution is 7.17. The average molecular weight is 308 g/mol. The lowest BCUT2D eigenvalue weighted by atomic mass is 9.89. The van der Waals surface area contributed by atoms with E-state index in [-0.39, 0.29) is 11.3 Å². The van der Waals surface area contributed by atoms with E-state index in [1.807, 2.05) is 23.8 Å². The van der Waals surface area contributed by atoms with E-state index in [2.05, 4.69) is 17.2 Å². The molecular formula is C14H16N2O2S2. The van der Waals surface area contributed by atoms with Gasteiger partial charge >= 0.3 is 0 Å². The Morgan fingerprint density at radius 3 is 2.95 bits per heavy atom. The number of hydrogen-bond acceptors (Lipinski definition) is 5. The van der Waals surface area contributed by atoms with Gasteiger partial charge in [-0.1, -0.05) is 6.92 Å². The summed E-state index contributed by atoms with van der Waals surface area (Å²) >= 11 is 3.09. The molecule has 20 heavy (non-hydrogen) atoms. The molecule has 2 aromatic heterocycles. The van der Waals surface area contributed by atoms with Gasteiger partial charge in [0, 0.05) is 22.9 Å². The van der Waals surface area contributed by atoms with Crippen LogP contribution in [0.3, 0.4) is 0 Å². The van der Waals surface area contributed by atoms with Crippen molar-refractivity contribution in [3.63, 3.8) is 0 Å². The van der Waals surface area contributed by atoms with E-state index in [0.29, 0.717) is 11.4 Å². The van der Waals surface area contributed by atoms with Crippen LogP contribution in [-0.2, 0) is 4.74 Å². The van der Waals surface area contributed by atoms with Crippen molar-refractivity contribution in [3.05, 3.63) is 27.4 Å². The lowest BCUT2D eigenvalue weighted by Gasteiger charge is -2.37. The van der Waals surface area contributed by atoms with E-state index in [1.54, 1.807) is 11.3 Å². The Kier molecular flexibility index (Phi) is 3.62. The Hall–Kier alpha value is -1.24. The number of thiophene rings is 1. The quantitative estimate of drug-likeness (QED) is 0.945. The molecule has 1 aliphatic rings. The Morgan fingerprint density at radius 2 is 2.35 bits per heavy atom. The van der Waals surface area contributed by atoms with Gasteiger partial charge in [0.1, 0.15) is 9.88 Å². The summed E-state index contributed by atoms with van der Waals surface area (Å²) in [7, 11) is 0. The Bertz CT molecular complexity index is 615. The van der Waals surface area contributed by atoms with Gasteiger partial charge in [-0.3, -0.25) is 4.79 Å². The van der Waals surface area contributed by atoms with Crippen molar-refractivity contribution in [1.82, 2.24) is 10.3 Å². The molecule has 1 N–H and O–H groups in total. The Morgan fingerprint density at radius 1 is 1.55 bits per heavy atom. The van der Waals surface area contributed by atoms with E-state index in [1.165, 1.54) is 11.3 Å². The highest BCUT2D eigenvalue weighted by atomic mass is 32.1. The van der Waals surface area contributed by atoms with Crippen molar-refractivity contribution in [2.75, 3.05) is 19.8 Å². The van der Waals surface area contributed by atoms with Crippen LogP contribution >= 0.6 is 22.7 Å². The van der Waals surface area contributed by atoms with E-state index in [0.717, 1.165) is 29.5 Å². The molecule has 6 heteroatoms. The zero-order chi connectivity index (χ0) is 14.2. The third-order valence-corrected chi connectivity index (χ3v) is 5.24. The number of carbonyl (C=O) groups is 1. The Labute approximate surface area is 125 Å². The van der Waals surface area contributed by atoms with Crippen LogP contribution in [0.15, 0.2) is 16.8 Å². The van der Waals surface area contributed by atoms with Crippen LogP contribution in [0.4, 0.5) is 0 Å². The molecule has 0 aromatic carbocycles. The molecule has 1 amide bonds. The van der Waals surface area contributed by atoms with Crippen molar-refractivity contribution in [1.29, 1.82) is 0 Å². The number of aryl methyl sites for hydroxylation is 1. The van der Waals surface area contributed by atoms with Gasteiger partial charge in [-0.2, -0.15) is 11.3 Å². The van der Waals surface area contributed by atoms with Crippen molar-refractivity contribution in [3.8, 4) is 10.6 Å². The standard InChI is InChI=1S/C14H16N2O2S2/c1-9-11(12(17)15-6-14(2)7-18-8-14)20-13(16-9)10-3-4-19-5-10/h3-5H,6-8H2,1-2H3,(H,15,17). The van der Waals surface area contributed by atoms with Crippen molar-refractivity contribution >= 4 is 28.6 Å². The second-order valence-electron chi connectivity index (χ2n) is 5.43. The SMILES string of the molecule is Cc1nc(-c2ccsc2)sc1C(=O)NCC1(C)COC1. The molecule has 0 aliphatic carbocycles. The Balaban J connectivity index is 1.71. The molecule has 0 atom stereocenters. The van der Waals surface area contributed by atoms with E-state index in [9.17, 15) is 4.79 Å². The first-order chi connectivity index (χ1) is 9.57. The lowest BCUT2D eigenvalue weighted by molar-refractivity contribution is -0.0978. The van der Waals surface area contributed by atoms with Crippen LogP contribution in [0, 0.1) is 12.3 Å². The predicted octanol–water partition coefficient (Wildman–Crippen LogP) is 2.95. The topological polar surface area (TPSA) is 51.2 Å². The maximum Gasteiger partial charge on any atom is 0.263 e. The maximum atomic E-state index is 12.3. The fourth-order valence-electron chi connectivity index (χ4n) is 2.04. The largest absolute Gasteiger partial charge is 0.380 e. The molecule has 3 heterocycles. The first-order valence-electron chi connectivity index (χ1n) is 6.43. The summed E-state index contributed by atoms with van der Waals surface area (Å²) in [5.41, 5.74) is 1.97. The van der Waals surface area contributed by atoms with Crippen LogP contribution in [0.5, 0.6) is 0 Å². The monoisotopic (exact) mass is 308 g/mol. The van der Waals surface area contributed by atoms with Crippen molar-refractivity contribution in [2.24, 2.45) is 5.41 Å². The molecular weight excluding hydrogens is 292 g/mol. The maximum absolute atomic E-state index is 12.3. The smallest absolute Gasteiger partial charge is 0.263 e. The summed E-state index contributed by atoms with van der Waals surface area (Å²) in [5.74, 6) is -0.0328. The number of aromatic nitrogens is 1. The summed E-state index contributed by atoms with van der Waals surface area (Å²) < 4.78 is 5.19. The molecule has 3 rings (SSSR count). The summed E-state index contributed by atoms with van der Waals surface area (Å²) in [6.45, 7) is 6.09. The summed E-state index contributed by atoms with van der Waals surface area (Å²) in [5, 5.41) is 7.97. The highest BCUT2D eigenvalue weighted by Gasteiger charge is 2.33. The minimum Gasteiger partial charge on any atom is -0.380 e. The van der Waals surface area contributed by atoms with Crippen molar-refractivity contribution in [2.45, 2.75) is 13.8 Å². The average Bonchev–Trinajstić information content (AvgIpc) is 3.02. The number of amides is 1. The van der Waals surface area contributed by atoms with Crippen LogP contribution in [-0.4, -0.2) is 30.6 Å². The van der Waals surface area contributed by atoms with Gasteiger partial charge in [0.15, 0.2) is 0 Å². The molecule has 2 aromatic rings. The summed E-state index contributed by atoms with van der Waals surface area (Å²) in [4.78, 5) is 17.5. The third kappa shape index (κ3) is 2.63. The fourth-order valence-corrected chi connectivity index (χ4v) is 3.74. The fraction of sp³-hybridized carbons (Fsp3) is 0.429. The van der Waals surface area contributed by atoms with Gasteiger partial charge in [-0.25, -0.2) is 4.98 Å². The van der Waals surface area contributed by atoms with Crippen LogP contribution in [0.1, 0.15) is 22.3 Å². The number of ether oxygens (including phenoxy) is 1. The van der Waals surface area contributed by atoms with Gasteiger partial charge in [0.05, 0.1) is 18.9 Å². The number of nitrogens with one attached hydrogen (secondary N) is 1. The second-order valence-corrected chi connectivity index (χ2v) is 7.21. The molecule has 1 saturated heterocycles. The second kappa shape index (κ2) is 5.27. The van der Waals surface area contributed by atoms with E-state index in [4.69, 9.17) is 4.74 Å². The number of thiazole rings is 1. The molecule has 106 valence electrons. The normalized spacial score (nSPS) is 16.7. The summed E-state index contributed by atoms with van der Waals surface area (Å²) in [6, 6.07) is 2.03. The highest BCUT2D eigenvalue weighted by Crippen LogP contribution is 2.30. The number of hydrogen-bond donors (Lipinski definition) is 1. The molecule has 4 nitrogen and oxygen atoms in total. The van der Waals surface area contributed by atoms with E-state index >= 15 is 0 Å². The first kappa shape index (κ1) is 13.7. The molecule has 0 bridgehead atoms. The molecule has 1 fully saturated rings. The number of nitrogens with zero attached hydrogens (tertiary/aromatic N) is 1. The van der Waals surface area contributed by atoms with Gasteiger partial charge in [-0.05, 0) is 18.4 Å². The zero-order valence-corrected chi connectivity index (χ0v) is 13.1. The number of carbonyl (C=O) groups excluding carboxylic acids is 1.